The van der Waals surface area contributed by atoms with Gasteiger partial charge in [0.1, 0.15) is 5.75 Å². The van der Waals surface area contributed by atoms with E-state index in [1.165, 1.54) is 0 Å². The van der Waals surface area contributed by atoms with Crippen LogP contribution in [-0.4, -0.2) is 35.0 Å². The molecule has 2 rings (SSSR count). The topological polar surface area (TPSA) is 50.6 Å². The van der Waals surface area contributed by atoms with Gasteiger partial charge >= 0.3 is 0 Å². The Kier molecular flexibility index (Phi) is 4.44. The molecule has 1 heterocycles. The quantitative estimate of drug-likeness (QED) is 0.609. The lowest BCUT2D eigenvalue weighted by molar-refractivity contribution is 0.455. The number of aliphatic imine (C=N–C) groups is 1. The van der Waals surface area contributed by atoms with Crippen molar-refractivity contribution in [2.24, 2.45) is 4.99 Å². The van der Waals surface area contributed by atoms with Crippen LogP contribution in [0.15, 0.2) is 47.5 Å². The van der Waals surface area contributed by atoms with Gasteiger partial charge in [-0.15, -0.1) is 10.2 Å². The Bertz CT molecular complexity index is 525. The van der Waals surface area contributed by atoms with Crippen LogP contribution in [0.3, 0.4) is 0 Å². The summed E-state index contributed by atoms with van der Waals surface area (Å²) in [6.45, 7) is 2.95. The normalized spacial score (nSPS) is 10.6. The van der Waals surface area contributed by atoms with Crippen molar-refractivity contribution in [1.82, 2.24) is 15.1 Å². The molecule has 0 spiro atoms. The Labute approximate surface area is 112 Å². The third-order valence-electron chi connectivity index (χ3n) is 2.48. The molecule has 0 bridgehead atoms. The Balaban J connectivity index is 2.01. The molecular formula is C14H16N4O. The van der Waals surface area contributed by atoms with E-state index >= 15 is 0 Å². The molecule has 2 aromatic rings. The van der Waals surface area contributed by atoms with Crippen LogP contribution in [0.25, 0.3) is 0 Å². The molecule has 0 aliphatic carbocycles. The Hall–Kier alpha value is -2.43. The van der Waals surface area contributed by atoms with Gasteiger partial charge in [-0.1, -0.05) is 18.2 Å². The average molecular weight is 256 g/mol. The lowest BCUT2D eigenvalue weighted by Gasteiger charge is -2.07. The summed E-state index contributed by atoms with van der Waals surface area (Å²) in [5, 5.41) is 7.95. The molecule has 0 radical (unpaired) electrons. The van der Waals surface area contributed by atoms with E-state index < -0.39 is 0 Å². The van der Waals surface area contributed by atoms with Crippen LogP contribution in [0.5, 0.6) is 11.6 Å². The van der Waals surface area contributed by atoms with Gasteiger partial charge in [-0.2, -0.15) is 0 Å². The van der Waals surface area contributed by atoms with Gasteiger partial charge in [0, 0.05) is 19.7 Å². The van der Waals surface area contributed by atoms with E-state index in [4.69, 9.17) is 4.74 Å². The first-order valence-corrected chi connectivity index (χ1v) is 6.09. The molecule has 19 heavy (non-hydrogen) atoms. The monoisotopic (exact) mass is 256 g/mol. The van der Waals surface area contributed by atoms with Crippen molar-refractivity contribution < 1.29 is 4.74 Å². The Morgan fingerprint density at radius 1 is 1.16 bits per heavy atom. The van der Waals surface area contributed by atoms with E-state index in [-0.39, 0.29) is 0 Å². The van der Waals surface area contributed by atoms with Crippen molar-refractivity contribution in [2.45, 2.75) is 6.92 Å². The molecule has 0 fully saturated rings. The summed E-state index contributed by atoms with van der Waals surface area (Å²) < 4.78 is 5.54. The number of hydrogen-bond acceptors (Lipinski definition) is 4. The van der Waals surface area contributed by atoms with E-state index in [1.807, 2.05) is 42.3 Å². The zero-order valence-electron chi connectivity index (χ0n) is 11.0. The maximum Gasteiger partial charge on any atom is 0.238 e. The summed E-state index contributed by atoms with van der Waals surface area (Å²) in [6.07, 6.45) is 1.72. The summed E-state index contributed by atoms with van der Waals surface area (Å²) in [5.74, 6) is 1.74. The SMILES string of the molecule is CCN(C)/C=N/c1ccc(Oc2ccccc2)nn1. The van der Waals surface area contributed by atoms with Crippen LogP contribution in [0.2, 0.25) is 0 Å². The van der Waals surface area contributed by atoms with Gasteiger partial charge in [-0.3, -0.25) is 0 Å². The molecule has 0 saturated carbocycles. The molecule has 0 aliphatic rings. The lowest BCUT2D eigenvalue weighted by Crippen LogP contribution is -2.14. The van der Waals surface area contributed by atoms with Crippen molar-refractivity contribution >= 4 is 12.2 Å². The van der Waals surface area contributed by atoms with E-state index in [2.05, 4.69) is 22.1 Å². The first-order chi connectivity index (χ1) is 9.28. The summed E-state index contributed by atoms with van der Waals surface area (Å²) in [6, 6.07) is 13.0. The molecule has 0 N–H and O–H groups in total. The van der Waals surface area contributed by atoms with Crippen molar-refractivity contribution in [1.29, 1.82) is 0 Å². The zero-order valence-corrected chi connectivity index (χ0v) is 11.0. The highest BCUT2D eigenvalue weighted by Gasteiger charge is 1.99. The molecule has 0 aliphatic heterocycles. The zero-order chi connectivity index (χ0) is 13.5. The van der Waals surface area contributed by atoms with Gasteiger partial charge in [-0.05, 0) is 25.1 Å². The van der Waals surface area contributed by atoms with Crippen molar-refractivity contribution in [2.75, 3.05) is 13.6 Å². The molecule has 98 valence electrons. The predicted octanol–water partition coefficient (Wildman–Crippen LogP) is 2.88. The standard InChI is InChI=1S/C14H16N4O/c1-3-18(2)11-15-13-9-10-14(17-16-13)19-12-7-5-4-6-8-12/h4-11H,3H2,1-2H3/b15-11+. The van der Waals surface area contributed by atoms with E-state index in [9.17, 15) is 0 Å². The number of aromatic nitrogens is 2. The smallest absolute Gasteiger partial charge is 0.238 e. The van der Waals surface area contributed by atoms with Gasteiger partial charge in [0.25, 0.3) is 0 Å². The average Bonchev–Trinajstić information content (AvgIpc) is 2.47. The highest BCUT2D eigenvalue weighted by molar-refractivity contribution is 5.59. The molecular weight excluding hydrogens is 240 g/mol. The molecule has 0 unspecified atom stereocenters. The lowest BCUT2D eigenvalue weighted by atomic mass is 10.3. The second kappa shape index (κ2) is 6.49. The van der Waals surface area contributed by atoms with E-state index in [1.54, 1.807) is 18.5 Å². The summed E-state index contributed by atoms with van der Waals surface area (Å²) in [4.78, 5) is 6.15. The van der Waals surface area contributed by atoms with Crippen molar-refractivity contribution in [3.05, 3.63) is 42.5 Å². The van der Waals surface area contributed by atoms with Crippen LogP contribution in [-0.2, 0) is 0 Å². The first-order valence-electron chi connectivity index (χ1n) is 6.09. The number of para-hydroxylation sites is 1. The molecule has 5 heteroatoms. The van der Waals surface area contributed by atoms with Gasteiger partial charge < -0.3 is 9.64 Å². The number of rotatable bonds is 5. The molecule has 5 nitrogen and oxygen atoms in total. The Morgan fingerprint density at radius 3 is 2.58 bits per heavy atom. The number of nitrogens with zero attached hydrogens (tertiary/aromatic N) is 4. The minimum atomic E-state index is 0.453. The van der Waals surface area contributed by atoms with Gasteiger partial charge in [0.05, 0.1) is 6.34 Å². The summed E-state index contributed by atoms with van der Waals surface area (Å²) in [7, 11) is 1.95. The van der Waals surface area contributed by atoms with E-state index in [0.717, 1.165) is 12.3 Å². The van der Waals surface area contributed by atoms with Gasteiger partial charge in [0.2, 0.25) is 5.88 Å². The molecule has 1 aromatic carbocycles. The maximum absolute atomic E-state index is 5.54. The molecule has 0 saturated heterocycles. The third kappa shape index (κ3) is 4.06. The number of benzene rings is 1. The van der Waals surface area contributed by atoms with Gasteiger partial charge in [0.15, 0.2) is 5.82 Å². The second-order valence-electron chi connectivity index (χ2n) is 3.96. The third-order valence-corrected chi connectivity index (χ3v) is 2.48. The molecule has 0 amide bonds. The fourth-order valence-electron chi connectivity index (χ4n) is 1.28. The fraction of sp³-hybridized carbons (Fsp3) is 0.214. The van der Waals surface area contributed by atoms with Crippen LogP contribution in [0.4, 0.5) is 5.82 Å². The second-order valence-corrected chi connectivity index (χ2v) is 3.96. The van der Waals surface area contributed by atoms with E-state index in [0.29, 0.717) is 11.7 Å². The van der Waals surface area contributed by atoms with Gasteiger partial charge in [-0.25, -0.2) is 4.99 Å². The minimum Gasteiger partial charge on any atom is -0.438 e. The molecule has 0 atom stereocenters. The largest absolute Gasteiger partial charge is 0.438 e. The number of ether oxygens (including phenoxy) is 1. The van der Waals surface area contributed by atoms with Crippen LogP contribution < -0.4 is 4.74 Å². The highest BCUT2D eigenvalue weighted by Crippen LogP contribution is 2.18. The maximum atomic E-state index is 5.54. The number of hydrogen-bond donors (Lipinski definition) is 0. The minimum absolute atomic E-state index is 0.453. The predicted molar refractivity (Wildman–Crippen MR) is 75.0 cm³/mol. The summed E-state index contributed by atoms with van der Waals surface area (Å²) >= 11 is 0. The van der Waals surface area contributed by atoms with Crippen molar-refractivity contribution in [3.8, 4) is 11.6 Å². The highest BCUT2D eigenvalue weighted by atomic mass is 16.5. The van der Waals surface area contributed by atoms with Crippen molar-refractivity contribution in [3.63, 3.8) is 0 Å². The van der Waals surface area contributed by atoms with Crippen LogP contribution in [0, 0.1) is 0 Å². The summed E-state index contributed by atoms with van der Waals surface area (Å²) in [5.41, 5.74) is 0. The fourth-order valence-corrected chi connectivity index (χ4v) is 1.28. The Morgan fingerprint density at radius 2 is 1.95 bits per heavy atom. The van der Waals surface area contributed by atoms with Crippen LogP contribution in [0.1, 0.15) is 6.92 Å². The molecule has 1 aromatic heterocycles. The van der Waals surface area contributed by atoms with Crippen LogP contribution >= 0.6 is 0 Å². The first kappa shape index (κ1) is 13.0.